The van der Waals surface area contributed by atoms with Crippen molar-refractivity contribution in [1.29, 1.82) is 0 Å². The molecule has 0 saturated carbocycles. The first kappa shape index (κ1) is 15.0. The molecule has 0 fully saturated rings. The van der Waals surface area contributed by atoms with E-state index in [0.29, 0.717) is 18.1 Å². The average molecular weight is 356 g/mol. The summed E-state index contributed by atoms with van der Waals surface area (Å²) in [5.74, 6) is 0. The van der Waals surface area contributed by atoms with Gasteiger partial charge in [0.05, 0.1) is 4.92 Å². The Balaban J connectivity index is 1.97. The Labute approximate surface area is 130 Å². The van der Waals surface area contributed by atoms with Crippen molar-refractivity contribution in [2.75, 3.05) is 0 Å². The quantitative estimate of drug-likeness (QED) is 0.642. The summed E-state index contributed by atoms with van der Waals surface area (Å²) in [6, 6.07) is 12.2. The van der Waals surface area contributed by atoms with Crippen LogP contribution in [0.15, 0.2) is 46.9 Å². The van der Waals surface area contributed by atoms with Gasteiger partial charge in [-0.15, -0.1) is 0 Å². The van der Waals surface area contributed by atoms with Gasteiger partial charge in [0.15, 0.2) is 0 Å². The van der Waals surface area contributed by atoms with E-state index in [1.165, 1.54) is 6.07 Å². The van der Waals surface area contributed by atoms with Crippen LogP contribution in [-0.2, 0) is 13.1 Å². The van der Waals surface area contributed by atoms with Crippen LogP contribution in [0.3, 0.4) is 0 Å². The molecule has 4 nitrogen and oxygen atoms in total. The summed E-state index contributed by atoms with van der Waals surface area (Å²) in [6.45, 7) is 1.14. The van der Waals surface area contributed by atoms with Gasteiger partial charge in [0.25, 0.3) is 5.69 Å². The number of hydrogen-bond donors (Lipinski definition) is 1. The lowest BCUT2D eigenvalue weighted by molar-refractivity contribution is -0.384. The Bertz CT molecular complexity index is 634. The summed E-state index contributed by atoms with van der Waals surface area (Å²) in [4.78, 5) is 10.3. The number of rotatable bonds is 5. The zero-order valence-corrected chi connectivity index (χ0v) is 12.8. The first-order valence-corrected chi connectivity index (χ1v) is 7.11. The number of halogens is 2. The smallest absolute Gasteiger partial charge is 0.269 e. The highest BCUT2D eigenvalue weighted by atomic mass is 79.9. The molecule has 2 aromatic carbocycles. The molecule has 0 aliphatic rings. The third kappa shape index (κ3) is 4.03. The molecular formula is C14H12BrClN2O2. The minimum atomic E-state index is -0.394. The summed E-state index contributed by atoms with van der Waals surface area (Å²) in [5.41, 5.74) is 1.95. The van der Waals surface area contributed by atoms with Gasteiger partial charge in [-0.05, 0) is 29.3 Å². The van der Waals surface area contributed by atoms with E-state index < -0.39 is 4.92 Å². The molecule has 6 heteroatoms. The van der Waals surface area contributed by atoms with E-state index in [-0.39, 0.29) is 5.69 Å². The van der Waals surface area contributed by atoms with Crippen LogP contribution in [-0.4, -0.2) is 4.92 Å². The lowest BCUT2D eigenvalue weighted by Gasteiger charge is -2.07. The van der Waals surface area contributed by atoms with E-state index in [0.717, 1.165) is 15.6 Å². The zero-order valence-electron chi connectivity index (χ0n) is 10.5. The molecule has 20 heavy (non-hydrogen) atoms. The Morgan fingerprint density at radius 1 is 1.20 bits per heavy atom. The largest absolute Gasteiger partial charge is 0.309 e. The second kappa shape index (κ2) is 6.83. The molecule has 0 spiro atoms. The summed E-state index contributed by atoms with van der Waals surface area (Å²) in [6.07, 6.45) is 0. The fraction of sp³-hybridized carbons (Fsp3) is 0.143. The number of non-ortho nitro benzene ring substituents is 1. The first-order chi connectivity index (χ1) is 9.56. The molecule has 0 heterocycles. The van der Waals surface area contributed by atoms with Crippen molar-refractivity contribution in [3.8, 4) is 0 Å². The molecule has 2 aromatic rings. The summed E-state index contributed by atoms with van der Waals surface area (Å²) < 4.78 is 0.967. The fourth-order valence-corrected chi connectivity index (χ4v) is 2.39. The minimum absolute atomic E-state index is 0.102. The van der Waals surface area contributed by atoms with Gasteiger partial charge in [-0.1, -0.05) is 39.7 Å². The number of benzene rings is 2. The molecule has 0 unspecified atom stereocenters. The first-order valence-electron chi connectivity index (χ1n) is 5.94. The van der Waals surface area contributed by atoms with Crippen LogP contribution in [0.4, 0.5) is 5.69 Å². The van der Waals surface area contributed by atoms with E-state index in [1.807, 2.05) is 24.3 Å². The average Bonchev–Trinajstić information content (AvgIpc) is 2.43. The highest BCUT2D eigenvalue weighted by Gasteiger charge is 2.06. The Kier molecular flexibility index (Phi) is 5.11. The van der Waals surface area contributed by atoms with Gasteiger partial charge in [-0.3, -0.25) is 10.1 Å². The topological polar surface area (TPSA) is 55.2 Å². The highest BCUT2D eigenvalue weighted by Crippen LogP contribution is 2.21. The predicted molar refractivity (Wildman–Crippen MR) is 82.8 cm³/mol. The Hall–Kier alpha value is -1.43. The number of nitro groups is 1. The molecule has 104 valence electrons. The number of nitro benzene ring substituents is 1. The van der Waals surface area contributed by atoms with E-state index in [2.05, 4.69) is 21.2 Å². The Morgan fingerprint density at radius 2 is 2.00 bits per heavy atom. The minimum Gasteiger partial charge on any atom is -0.309 e. The van der Waals surface area contributed by atoms with Crippen LogP contribution < -0.4 is 5.32 Å². The van der Waals surface area contributed by atoms with E-state index in [1.54, 1.807) is 12.1 Å². The van der Waals surface area contributed by atoms with Crippen molar-refractivity contribution < 1.29 is 4.92 Å². The van der Waals surface area contributed by atoms with Crippen molar-refractivity contribution >= 4 is 33.2 Å². The van der Waals surface area contributed by atoms with Gasteiger partial charge < -0.3 is 5.32 Å². The lowest BCUT2D eigenvalue weighted by atomic mass is 10.2. The Morgan fingerprint density at radius 3 is 2.75 bits per heavy atom. The molecule has 0 saturated heterocycles. The van der Waals surface area contributed by atoms with Gasteiger partial charge in [-0.25, -0.2) is 0 Å². The van der Waals surface area contributed by atoms with Gasteiger partial charge in [0.2, 0.25) is 0 Å². The van der Waals surface area contributed by atoms with E-state index >= 15 is 0 Å². The van der Waals surface area contributed by atoms with Crippen LogP contribution in [0.5, 0.6) is 0 Å². The van der Waals surface area contributed by atoms with Gasteiger partial charge in [0.1, 0.15) is 0 Å². The molecule has 0 amide bonds. The summed E-state index contributed by atoms with van der Waals surface area (Å²) >= 11 is 9.49. The summed E-state index contributed by atoms with van der Waals surface area (Å²) in [7, 11) is 0. The van der Waals surface area contributed by atoms with Gasteiger partial charge >= 0.3 is 0 Å². The maximum absolute atomic E-state index is 10.7. The SMILES string of the molecule is O=[N+]([O-])c1cccc(CNCc2cc(Br)ccc2Cl)c1. The molecule has 0 aliphatic heterocycles. The molecule has 0 aliphatic carbocycles. The zero-order chi connectivity index (χ0) is 14.5. The van der Waals surface area contributed by atoms with Crippen LogP contribution in [0.25, 0.3) is 0 Å². The van der Waals surface area contributed by atoms with Crippen molar-refractivity contribution in [2.45, 2.75) is 13.1 Å². The number of nitrogens with one attached hydrogen (secondary N) is 1. The normalized spacial score (nSPS) is 10.5. The van der Waals surface area contributed by atoms with Crippen LogP contribution in [0.1, 0.15) is 11.1 Å². The van der Waals surface area contributed by atoms with Crippen molar-refractivity contribution in [2.24, 2.45) is 0 Å². The van der Waals surface area contributed by atoms with E-state index in [9.17, 15) is 10.1 Å². The molecule has 0 atom stereocenters. The second-order valence-electron chi connectivity index (χ2n) is 4.27. The van der Waals surface area contributed by atoms with Gasteiger partial charge in [-0.2, -0.15) is 0 Å². The van der Waals surface area contributed by atoms with Crippen LogP contribution in [0.2, 0.25) is 5.02 Å². The maximum Gasteiger partial charge on any atom is 0.269 e. The molecule has 0 aromatic heterocycles. The molecular weight excluding hydrogens is 344 g/mol. The monoisotopic (exact) mass is 354 g/mol. The van der Waals surface area contributed by atoms with Crippen molar-refractivity contribution in [3.63, 3.8) is 0 Å². The molecule has 0 bridgehead atoms. The van der Waals surface area contributed by atoms with Gasteiger partial charge in [0, 0.05) is 34.7 Å². The maximum atomic E-state index is 10.7. The highest BCUT2D eigenvalue weighted by molar-refractivity contribution is 9.10. The molecule has 0 radical (unpaired) electrons. The third-order valence-electron chi connectivity index (χ3n) is 2.77. The van der Waals surface area contributed by atoms with E-state index in [4.69, 9.17) is 11.6 Å². The van der Waals surface area contributed by atoms with Crippen molar-refractivity contribution in [1.82, 2.24) is 5.32 Å². The number of nitrogens with zero attached hydrogens (tertiary/aromatic N) is 1. The standard InChI is InChI=1S/C14H12BrClN2O2/c15-12-4-5-14(16)11(7-12)9-17-8-10-2-1-3-13(6-10)18(19)20/h1-7,17H,8-9H2. The fourth-order valence-electron chi connectivity index (χ4n) is 1.80. The second-order valence-corrected chi connectivity index (χ2v) is 5.59. The van der Waals surface area contributed by atoms with Crippen LogP contribution >= 0.6 is 27.5 Å². The molecule has 2 rings (SSSR count). The predicted octanol–water partition coefficient (Wildman–Crippen LogP) is 4.30. The lowest BCUT2D eigenvalue weighted by Crippen LogP contribution is -2.13. The summed E-state index contributed by atoms with van der Waals surface area (Å²) in [5, 5.41) is 14.6. The van der Waals surface area contributed by atoms with Crippen LogP contribution in [0, 0.1) is 10.1 Å². The third-order valence-corrected chi connectivity index (χ3v) is 3.64. The number of hydrogen-bond acceptors (Lipinski definition) is 3. The molecule has 1 N–H and O–H groups in total. The van der Waals surface area contributed by atoms with Crippen molar-refractivity contribution in [3.05, 3.63) is 73.2 Å².